The number of rotatable bonds is 3. The van der Waals surface area contributed by atoms with Gasteiger partial charge in [0.05, 0.1) is 5.52 Å². The summed E-state index contributed by atoms with van der Waals surface area (Å²) in [5.74, 6) is 0.354. The summed E-state index contributed by atoms with van der Waals surface area (Å²) in [6.07, 6.45) is 2.63. The van der Waals surface area contributed by atoms with E-state index in [1.807, 2.05) is 54.6 Å². The smallest absolute Gasteiger partial charge is 0.240 e. The van der Waals surface area contributed by atoms with Gasteiger partial charge in [-0.1, -0.05) is 36.9 Å². The molecule has 0 fully saturated rings. The van der Waals surface area contributed by atoms with Crippen LogP contribution in [0.25, 0.3) is 10.9 Å². The molecule has 0 atom stereocenters. The Kier molecular flexibility index (Phi) is 5.20. The molecule has 0 aliphatic heterocycles. The number of hydrogen-bond acceptors (Lipinski definition) is 4. The van der Waals surface area contributed by atoms with E-state index < -0.39 is 5.91 Å². The zero-order chi connectivity index (χ0) is 15.8. The molecule has 0 radical (unpaired) electrons. The van der Waals surface area contributed by atoms with Crippen LogP contribution in [0.3, 0.4) is 0 Å². The Labute approximate surface area is 128 Å². The van der Waals surface area contributed by atoms with Crippen molar-refractivity contribution in [1.82, 2.24) is 9.97 Å². The van der Waals surface area contributed by atoms with Gasteiger partial charge in [0.15, 0.2) is 0 Å². The minimum absolute atomic E-state index is 0.481. The Bertz CT molecular complexity index is 766. The van der Waals surface area contributed by atoms with Crippen LogP contribution in [-0.2, 0) is 4.79 Å². The third kappa shape index (κ3) is 4.14. The van der Waals surface area contributed by atoms with Crippen LogP contribution in [0.1, 0.15) is 0 Å². The Morgan fingerprint density at radius 3 is 2.36 bits per heavy atom. The zero-order valence-electron chi connectivity index (χ0n) is 11.9. The number of nitrogens with two attached hydrogens (primary N) is 1. The number of fused-ring (bicyclic) bond motifs is 1. The second-order valence-electron chi connectivity index (χ2n) is 4.34. The number of amides is 1. The van der Waals surface area contributed by atoms with E-state index in [1.54, 1.807) is 6.33 Å². The van der Waals surface area contributed by atoms with Crippen LogP contribution in [0.5, 0.6) is 0 Å². The molecule has 22 heavy (non-hydrogen) atoms. The quantitative estimate of drug-likeness (QED) is 0.727. The molecule has 3 rings (SSSR count). The maximum absolute atomic E-state index is 9.47. The lowest BCUT2D eigenvalue weighted by molar-refractivity contribution is -0.113. The number of anilines is 2. The fourth-order valence-corrected chi connectivity index (χ4v) is 1.76. The highest BCUT2D eigenvalue weighted by atomic mass is 16.1. The first kappa shape index (κ1) is 15.2. The van der Waals surface area contributed by atoms with Gasteiger partial charge in [-0.05, 0) is 30.3 Å². The zero-order valence-corrected chi connectivity index (χ0v) is 11.9. The van der Waals surface area contributed by atoms with E-state index in [-0.39, 0.29) is 0 Å². The minimum atomic E-state index is -0.481. The van der Waals surface area contributed by atoms with Crippen molar-refractivity contribution in [2.45, 2.75) is 0 Å². The number of para-hydroxylation sites is 2. The molecule has 0 aliphatic rings. The first-order valence-electron chi connectivity index (χ1n) is 6.64. The predicted octanol–water partition coefficient (Wildman–Crippen LogP) is 3.03. The number of nitrogens with zero attached hydrogens (tertiary/aromatic N) is 2. The van der Waals surface area contributed by atoms with Crippen LogP contribution in [0.2, 0.25) is 0 Å². The molecule has 0 spiro atoms. The van der Waals surface area contributed by atoms with E-state index in [4.69, 9.17) is 0 Å². The van der Waals surface area contributed by atoms with Crippen molar-refractivity contribution in [3.63, 3.8) is 0 Å². The minimum Gasteiger partial charge on any atom is -0.366 e. The summed E-state index contributed by atoms with van der Waals surface area (Å²) in [5, 5.41) is 4.32. The topological polar surface area (TPSA) is 80.9 Å². The fourth-order valence-electron chi connectivity index (χ4n) is 1.76. The molecule has 5 nitrogen and oxygen atoms in total. The van der Waals surface area contributed by atoms with Gasteiger partial charge in [0, 0.05) is 11.1 Å². The predicted molar refractivity (Wildman–Crippen MR) is 88.7 cm³/mol. The molecular formula is C17H16N4O. The third-order valence-corrected chi connectivity index (χ3v) is 2.78. The number of carbonyl (C=O) groups excluding carboxylic acids is 1. The lowest BCUT2D eigenvalue weighted by Crippen LogP contribution is -2.04. The van der Waals surface area contributed by atoms with Crippen LogP contribution in [0, 0.1) is 0 Å². The number of aromatic nitrogens is 2. The standard InChI is InChI=1S/C14H11N3.C3H5NO/c1-2-6-11(7-3-1)17-14-12-8-4-5-9-13(12)15-10-16-14;1-2-3(4)5/h1-10H,(H,15,16,17);2H,1H2,(H2,4,5). The first-order valence-corrected chi connectivity index (χ1v) is 6.64. The van der Waals surface area contributed by atoms with E-state index >= 15 is 0 Å². The van der Waals surface area contributed by atoms with E-state index in [0.29, 0.717) is 0 Å². The van der Waals surface area contributed by atoms with Crippen molar-refractivity contribution in [3.8, 4) is 0 Å². The number of nitrogens with one attached hydrogen (secondary N) is 1. The number of hydrogen-bond donors (Lipinski definition) is 2. The summed E-state index contributed by atoms with van der Waals surface area (Å²) >= 11 is 0. The monoisotopic (exact) mass is 292 g/mol. The molecule has 0 unspecified atom stereocenters. The van der Waals surface area contributed by atoms with Crippen molar-refractivity contribution >= 4 is 28.3 Å². The maximum Gasteiger partial charge on any atom is 0.240 e. The van der Waals surface area contributed by atoms with Crippen molar-refractivity contribution in [2.75, 3.05) is 5.32 Å². The van der Waals surface area contributed by atoms with Crippen LogP contribution >= 0.6 is 0 Å². The van der Waals surface area contributed by atoms with Crippen LogP contribution in [0.15, 0.2) is 73.6 Å². The van der Waals surface area contributed by atoms with Crippen LogP contribution in [-0.4, -0.2) is 15.9 Å². The Morgan fingerprint density at radius 2 is 1.68 bits per heavy atom. The van der Waals surface area contributed by atoms with Gasteiger partial charge < -0.3 is 11.1 Å². The summed E-state index contributed by atoms with van der Waals surface area (Å²) in [6.45, 7) is 3.09. The molecule has 0 bridgehead atoms. The third-order valence-electron chi connectivity index (χ3n) is 2.78. The number of carbonyl (C=O) groups is 1. The van der Waals surface area contributed by atoms with Crippen LogP contribution < -0.4 is 11.1 Å². The van der Waals surface area contributed by atoms with E-state index in [2.05, 4.69) is 27.6 Å². The Morgan fingerprint density at radius 1 is 1.05 bits per heavy atom. The first-order chi connectivity index (χ1) is 10.7. The van der Waals surface area contributed by atoms with Crippen molar-refractivity contribution in [2.24, 2.45) is 5.73 Å². The SMILES string of the molecule is C=CC(N)=O.c1ccc(Nc2ncnc3ccccc23)cc1. The molecule has 1 amide bonds. The molecule has 1 aromatic heterocycles. The summed E-state index contributed by atoms with van der Waals surface area (Å²) in [4.78, 5) is 18.0. The molecule has 3 aromatic rings. The summed E-state index contributed by atoms with van der Waals surface area (Å²) in [5.41, 5.74) is 6.50. The summed E-state index contributed by atoms with van der Waals surface area (Å²) in [7, 11) is 0. The Balaban J connectivity index is 0.000000309. The molecule has 2 aromatic carbocycles. The second kappa shape index (κ2) is 7.54. The van der Waals surface area contributed by atoms with Crippen LogP contribution in [0.4, 0.5) is 11.5 Å². The molecule has 0 saturated heterocycles. The van der Waals surface area contributed by atoms with Crippen molar-refractivity contribution in [1.29, 1.82) is 0 Å². The highest BCUT2D eigenvalue weighted by Gasteiger charge is 2.02. The molecule has 0 aliphatic carbocycles. The van der Waals surface area contributed by atoms with Gasteiger partial charge in [-0.2, -0.15) is 0 Å². The lowest BCUT2D eigenvalue weighted by atomic mass is 10.2. The molecule has 5 heteroatoms. The van der Waals surface area contributed by atoms with E-state index in [1.165, 1.54) is 0 Å². The second-order valence-corrected chi connectivity index (χ2v) is 4.34. The molecule has 0 saturated carbocycles. The largest absolute Gasteiger partial charge is 0.366 e. The normalized spacial score (nSPS) is 9.45. The summed E-state index contributed by atoms with van der Waals surface area (Å²) < 4.78 is 0. The van der Waals surface area contributed by atoms with Crippen molar-refractivity contribution < 1.29 is 4.79 Å². The van der Waals surface area contributed by atoms with Gasteiger partial charge in [0.1, 0.15) is 12.1 Å². The van der Waals surface area contributed by atoms with E-state index in [0.717, 1.165) is 28.5 Å². The van der Waals surface area contributed by atoms with Crippen molar-refractivity contribution in [3.05, 3.63) is 73.6 Å². The summed E-state index contributed by atoms with van der Waals surface area (Å²) in [6, 6.07) is 18.0. The number of benzene rings is 2. The van der Waals surface area contributed by atoms with Gasteiger partial charge in [-0.15, -0.1) is 0 Å². The molecule has 110 valence electrons. The average Bonchev–Trinajstić information content (AvgIpc) is 2.57. The fraction of sp³-hybridized carbons (Fsp3) is 0. The molecular weight excluding hydrogens is 276 g/mol. The highest BCUT2D eigenvalue weighted by Crippen LogP contribution is 2.21. The van der Waals surface area contributed by atoms with Gasteiger partial charge >= 0.3 is 0 Å². The maximum atomic E-state index is 9.47. The van der Waals surface area contributed by atoms with Gasteiger partial charge in [-0.25, -0.2) is 9.97 Å². The highest BCUT2D eigenvalue weighted by molar-refractivity contribution is 5.90. The Hall–Kier alpha value is -3.21. The lowest BCUT2D eigenvalue weighted by Gasteiger charge is -2.07. The van der Waals surface area contributed by atoms with Gasteiger partial charge in [0.2, 0.25) is 5.91 Å². The molecule has 3 N–H and O–H groups in total. The number of primary amides is 1. The van der Waals surface area contributed by atoms with Gasteiger partial charge in [-0.3, -0.25) is 4.79 Å². The average molecular weight is 292 g/mol. The molecule has 1 heterocycles. The van der Waals surface area contributed by atoms with E-state index in [9.17, 15) is 4.79 Å². The van der Waals surface area contributed by atoms with Gasteiger partial charge in [0.25, 0.3) is 0 Å².